The van der Waals surface area contributed by atoms with E-state index in [1.165, 1.54) is 6.20 Å². The lowest BCUT2D eigenvalue weighted by Crippen LogP contribution is -2.32. The van der Waals surface area contributed by atoms with E-state index in [1.807, 2.05) is 4.90 Å². The van der Waals surface area contributed by atoms with E-state index in [4.69, 9.17) is 15.9 Å². The average molecular weight is 266 g/mol. The Bertz CT molecular complexity index is 472. The smallest absolute Gasteiger partial charge is 0.0892 e. The van der Waals surface area contributed by atoms with Crippen molar-refractivity contribution in [2.24, 2.45) is 0 Å². The minimum Gasteiger partial charge on any atom is -0.398 e. The van der Waals surface area contributed by atoms with Crippen LogP contribution in [-0.2, 0) is 0 Å². The van der Waals surface area contributed by atoms with Crippen molar-refractivity contribution in [2.75, 3.05) is 42.4 Å². The van der Waals surface area contributed by atoms with E-state index in [1.54, 1.807) is 18.2 Å². The van der Waals surface area contributed by atoms with Gasteiger partial charge in [0.15, 0.2) is 0 Å². The first-order chi connectivity index (χ1) is 9.17. The highest BCUT2D eigenvalue weighted by Gasteiger charge is 2.18. The Kier molecular flexibility index (Phi) is 4.10. The number of nitrogen functional groups attached to an aromatic ring is 1. The van der Waals surface area contributed by atoms with Gasteiger partial charge in [-0.25, -0.2) is 0 Å². The predicted molar refractivity (Wildman–Crippen MR) is 73.5 cm³/mol. The number of aliphatic hydroxyl groups excluding tert-OH is 2. The molecule has 19 heavy (non-hydrogen) atoms. The maximum Gasteiger partial charge on any atom is 0.0892 e. The molecule has 0 fully saturated rings. The number of hydroxylamine groups is 1. The Balaban J connectivity index is 2.43. The van der Waals surface area contributed by atoms with Crippen LogP contribution in [0.3, 0.4) is 0 Å². The van der Waals surface area contributed by atoms with Gasteiger partial charge in [-0.05, 0) is 18.2 Å². The van der Waals surface area contributed by atoms with E-state index >= 15 is 0 Å². The average Bonchev–Trinajstić information content (AvgIpc) is 2.39. The first kappa shape index (κ1) is 13.5. The Hall–Kier alpha value is -1.96. The van der Waals surface area contributed by atoms with Crippen LogP contribution in [0.25, 0.3) is 6.08 Å². The third kappa shape index (κ3) is 2.73. The van der Waals surface area contributed by atoms with Crippen molar-refractivity contribution in [3.05, 3.63) is 23.9 Å². The Morgan fingerprint density at radius 3 is 2.53 bits per heavy atom. The summed E-state index contributed by atoms with van der Waals surface area (Å²) in [6, 6.07) is 3.55. The zero-order valence-corrected chi connectivity index (χ0v) is 10.5. The van der Waals surface area contributed by atoms with Crippen LogP contribution >= 0.6 is 0 Å². The summed E-state index contributed by atoms with van der Waals surface area (Å²) in [6.45, 7) is 0.705. The Morgan fingerprint density at radius 2 is 1.89 bits per heavy atom. The number of nitrogens with one attached hydrogen (secondary N) is 1. The largest absolute Gasteiger partial charge is 0.398 e. The van der Waals surface area contributed by atoms with Crippen molar-refractivity contribution in [3.63, 3.8) is 0 Å². The lowest BCUT2D eigenvalue weighted by molar-refractivity contribution is -0.0141. The molecule has 1 aliphatic rings. The van der Waals surface area contributed by atoms with Gasteiger partial charge < -0.3 is 20.8 Å². The molecule has 7 heteroatoms. The second-order valence-electron chi connectivity index (χ2n) is 4.17. The molecule has 0 aliphatic carbocycles. The number of rotatable bonds is 5. The van der Waals surface area contributed by atoms with E-state index in [2.05, 4.69) is 5.43 Å². The van der Waals surface area contributed by atoms with Crippen molar-refractivity contribution in [3.8, 4) is 0 Å². The summed E-state index contributed by atoms with van der Waals surface area (Å²) in [7, 11) is 0. The third-order valence-electron chi connectivity index (χ3n) is 2.95. The minimum absolute atomic E-state index is 0.0299. The van der Waals surface area contributed by atoms with Gasteiger partial charge in [-0.3, -0.25) is 10.6 Å². The van der Waals surface area contributed by atoms with Crippen molar-refractivity contribution in [1.82, 2.24) is 5.17 Å². The number of benzene rings is 1. The van der Waals surface area contributed by atoms with E-state index in [0.717, 1.165) is 16.4 Å². The van der Waals surface area contributed by atoms with Crippen LogP contribution in [0, 0.1) is 0 Å². The first-order valence-corrected chi connectivity index (χ1v) is 5.99. The van der Waals surface area contributed by atoms with Gasteiger partial charge in [-0.2, -0.15) is 5.17 Å². The predicted octanol–water partition coefficient (Wildman–Crippen LogP) is 0.0622. The quantitative estimate of drug-likeness (QED) is 0.480. The minimum atomic E-state index is -0.0299. The van der Waals surface area contributed by atoms with E-state index in [-0.39, 0.29) is 13.2 Å². The number of anilines is 3. The zero-order chi connectivity index (χ0) is 13.8. The van der Waals surface area contributed by atoms with Crippen LogP contribution in [-0.4, -0.2) is 46.9 Å². The maximum absolute atomic E-state index is 9.49. The highest BCUT2D eigenvalue weighted by Crippen LogP contribution is 2.36. The Morgan fingerprint density at radius 1 is 1.21 bits per heavy atom. The van der Waals surface area contributed by atoms with Gasteiger partial charge >= 0.3 is 0 Å². The van der Waals surface area contributed by atoms with Gasteiger partial charge in [0.2, 0.25) is 0 Å². The highest BCUT2D eigenvalue weighted by molar-refractivity contribution is 5.87. The van der Waals surface area contributed by atoms with Gasteiger partial charge in [0.1, 0.15) is 0 Å². The monoisotopic (exact) mass is 266 g/mol. The van der Waals surface area contributed by atoms with Crippen molar-refractivity contribution in [2.45, 2.75) is 0 Å². The van der Waals surface area contributed by atoms with Crippen LogP contribution in [0.4, 0.5) is 17.1 Å². The van der Waals surface area contributed by atoms with Crippen LogP contribution in [0.15, 0.2) is 18.3 Å². The Labute approximate surface area is 111 Å². The molecule has 2 rings (SSSR count). The van der Waals surface area contributed by atoms with Crippen molar-refractivity contribution < 1.29 is 15.4 Å². The molecular formula is C12H18N4O3. The molecule has 0 aromatic heterocycles. The summed E-state index contributed by atoms with van der Waals surface area (Å²) in [4.78, 5) is 1.82. The molecule has 1 aliphatic heterocycles. The summed E-state index contributed by atoms with van der Waals surface area (Å²) in [5.41, 5.74) is 11.4. The van der Waals surface area contributed by atoms with E-state index in [9.17, 15) is 5.21 Å². The standard InChI is InChI=1S/C12H18N4O3/c13-10-1-2-11(15(5-7-17)6-8-18)12-9(10)3-4-16(19)14-12/h1-4,14,17-19H,5-8,13H2. The maximum atomic E-state index is 9.49. The van der Waals surface area contributed by atoms with Crippen LogP contribution in [0.1, 0.15) is 5.56 Å². The van der Waals surface area contributed by atoms with E-state index < -0.39 is 0 Å². The molecule has 1 aromatic rings. The van der Waals surface area contributed by atoms with Gasteiger partial charge in [-0.15, -0.1) is 0 Å². The van der Waals surface area contributed by atoms with Crippen LogP contribution < -0.4 is 16.1 Å². The first-order valence-electron chi connectivity index (χ1n) is 5.99. The summed E-state index contributed by atoms with van der Waals surface area (Å²) >= 11 is 0. The topological polar surface area (TPSA) is 105 Å². The normalized spacial score (nSPS) is 13.1. The molecule has 0 radical (unpaired) electrons. The van der Waals surface area contributed by atoms with Crippen LogP contribution in [0.5, 0.6) is 0 Å². The number of nitrogens with zero attached hydrogens (tertiary/aromatic N) is 2. The van der Waals surface area contributed by atoms with Crippen molar-refractivity contribution >= 4 is 23.1 Å². The van der Waals surface area contributed by atoms with Gasteiger partial charge in [-0.1, -0.05) is 0 Å². The molecule has 0 saturated carbocycles. The van der Waals surface area contributed by atoms with Gasteiger partial charge in [0, 0.05) is 24.3 Å². The lowest BCUT2D eigenvalue weighted by atomic mass is 10.1. The molecular weight excluding hydrogens is 248 g/mol. The fraction of sp³-hybridized carbons (Fsp3) is 0.333. The number of hydrazine groups is 1. The molecule has 1 aromatic carbocycles. The fourth-order valence-electron chi connectivity index (χ4n) is 2.08. The summed E-state index contributed by atoms with van der Waals surface area (Å²) in [5.74, 6) is 0. The number of fused-ring (bicyclic) bond motifs is 1. The summed E-state index contributed by atoms with van der Waals surface area (Å²) in [6.07, 6.45) is 3.14. The molecule has 0 bridgehead atoms. The molecule has 6 N–H and O–H groups in total. The fourth-order valence-corrected chi connectivity index (χ4v) is 2.08. The number of hydrogen-bond acceptors (Lipinski definition) is 7. The molecule has 104 valence electrons. The lowest BCUT2D eigenvalue weighted by Gasteiger charge is -2.30. The molecule has 0 saturated heterocycles. The molecule has 0 atom stereocenters. The molecule has 0 unspecified atom stereocenters. The molecule has 0 amide bonds. The van der Waals surface area contributed by atoms with Gasteiger partial charge in [0.05, 0.1) is 30.8 Å². The molecule has 7 nitrogen and oxygen atoms in total. The number of aliphatic hydroxyl groups is 2. The third-order valence-corrected chi connectivity index (χ3v) is 2.95. The van der Waals surface area contributed by atoms with Crippen LogP contribution in [0.2, 0.25) is 0 Å². The SMILES string of the molecule is Nc1ccc(N(CCO)CCO)c2c1C=CN(O)N2. The highest BCUT2D eigenvalue weighted by atomic mass is 16.5. The van der Waals surface area contributed by atoms with Crippen molar-refractivity contribution in [1.29, 1.82) is 0 Å². The molecule has 0 spiro atoms. The second-order valence-corrected chi connectivity index (χ2v) is 4.17. The van der Waals surface area contributed by atoms with E-state index in [0.29, 0.717) is 24.5 Å². The summed E-state index contributed by atoms with van der Waals surface area (Å²) in [5, 5.41) is 28.5. The zero-order valence-electron chi connectivity index (χ0n) is 10.5. The molecule has 1 heterocycles. The second kappa shape index (κ2) is 5.79. The number of nitrogens with two attached hydrogens (primary N) is 1. The summed E-state index contributed by atoms with van der Waals surface area (Å²) < 4.78 is 0. The number of hydrogen-bond donors (Lipinski definition) is 5. The van der Waals surface area contributed by atoms with Gasteiger partial charge in [0.25, 0.3) is 0 Å².